The number of nitro groups is 1. The van der Waals surface area contributed by atoms with Crippen LogP contribution in [0.25, 0.3) is 0 Å². The van der Waals surface area contributed by atoms with E-state index in [1.807, 2.05) is 6.92 Å². The van der Waals surface area contributed by atoms with Gasteiger partial charge in [0.25, 0.3) is 0 Å². The van der Waals surface area contributed by atoms with E-state index >= 15 is 0 Å². The first kappa shape index (κ1) is 14.6. The van der Waals surface area contributed by atoms with E-state index in [-0.39, 0.29) is 17.8 Å². The lowest BCUT2D eigenvalue weighted by atomic mass is 9.95. The van der Waals surface area contributed by atoms with Crippen LogP contribution in [0.3, 0.4) is 0 Å². The highest BCUT2D eigenvalue weighted by Gasteiger charge is 2.34. The molecule has 5 nitrogen and oxygen atoms in total. The third kappa shape index (κ3) is 2.58. The fourth-order valence-corrected chi connectivity index (χ4v) is 2.88. The summed E-state index contributed by atoms with van der Waals surface area (Å²) in [4.78, 5) is 12.0. The molecule has 2 rings (SSSR count). The molecule has 1 fully saturated rings. The molecule has 7 heteroatoms. The number of benzene rings is 1. The lowest BCUT2D eigenvalue weighted by molar-refractivity contribution is -0.386. The van der Waals surface area contributed by atoms with Crippen molar-refractivity contribution < 1.29 is 13.7 Å². The van der Waals surface area contributed by atoms with E-state index in [1.54, 1.807) is 4.90 Å². The molecule has 2 N–H and O–H groups in total. The summed E-state index contributed by atoms with van der Waals surface area (Å²) in [6.07, 6.45) is 2.52. The molecule has 0 bridgehead atoms. The van der Waals surface area contributed by atoms with Gasteiger partial charge in [0.05, 0.1) is 4.92 Å². The quantitative estimate of drug-likeness (QED) is 0.684. The number of hydrogen-bond acceptors (Lipinski definition) is 4. The zero-order valence-corrected chi connectivity index (χ0v) is 11.2. The van der Waals surface area contributed by atoms with Crippen molar-refractivity contribution in [2.24, 2.45) is 5.73 Å². The van der Waals surface area contributed by atoms with Crippen molar-refractivity contribution in [1.29, 1.82) is 0 Å². The molecule has 0 aromatic heterocycles. The van der Waals surface area contributed by atoms with Gasteiger partial charge in [-0.3, -0.25) is 10.1 Å². The van der Waals surface area contributed by atoms with Crippen LogP contribution >= 0.6 is 0 Å². The molecule has 1 aromatic rings. The predicted octanol–water partition coefficient (Wildman–Crippen LogP) is 2.58. The molecule has 0 spiro atoms. The van der Waals surface area contributed by atoms with E-state index in [0.717, 1.165) is 25.3 Å². The number of anilines is 1. The molecular formula is C13H17F2N3O2. The first-order chi connectivity index (χ1) is 9.45. The Hall–Kier alpha value is -1.76. The Labute approximate surface area is 115 Å². The predicted molar refractivity (Wildman–Crippen MR) is 71.6 cm³/mol. The highest BCUT2D eigenvalue weighted by atomic mass is 19.1. The van der Waals surface area contributed by atoms with Gasteiger partial charge < -0.3 is 10.6 Å². The van der Waals surface area contributed by atoms with Crippen molar-refractivity contribution in [3.05, 3.63) is 33.9 Å². The van der Waals surface area contributed by atoms with Crippen molar-refractivity contribution in [2.45, 2.75) is 38.3 Å². The van der Waals surface area contributed by atoms with Crippen LogP contribution in [-0.4, -0.2) is 23.6 Å². The van der Waals surface area contributed by atoms with Gasteiger partial charge in [-0.15, -0.1) is 0 Å². The SMILES string of the molecule is CC1CCCC(CN)N1c1cc(F)cc(F)c1[N+](=O)[O-]. The summed E-state index contributed by atoms with van der Waals surface area (Å²) >= 11 is 0. The zero-order valence-electron chi connectivity index (χ0n) is 11.2. The van der Waals surface area contributed by atoms with Crippen LogP contribution in [0.4, 0.5) is 20.2 Å². The Morgan fingerprint density at radius 2 is 2.15 bits per heavy atom. The van der Waals surface area contributed by atoms with Gasteiger partial charge in [-0.25, -0.2) is 4.39 Å². The van der Waals surface area contributed by atoms with Crippen molar-refractivity contribution in [2.75, 3.05) is 11.4 Å². The van der Waals surface area contributed by atoms with Gasteiger partial charge in [0, 0.05) is 30.8 Å². The maximum atomic E-state index is 13.7. The van der Waals surface area contributed by atoms with Crippen LogP contribution in [0.1, 0.15) is 26.2 Å². The van der Waals surface area contributed by atoms with Crippen LogP contribution < -0.4 is 10.6 Å². The summed E-state index contributed by atoms with van der Waals surface area (Å²) in [5, 5.41) is 11.1. The maximum absolute atomic E-state index is 13.7. The molecule has 110 valence electrons. The van der Waals surface area contributed by atoms with Gasteiger partial charge in [0.1, 0.15) is 11.5 Å². The van der Waals surface area contributed by atoms with E-state index in [2.05, 4.69) is 0 Å². The average molecular weight is 285 g/mol. The molecule has 1 aliphatic heterocycles. The zero-order chi connectivity index (χ0) is 14.9. The van der Waals surface area contributed by atoms with E-state index in [1.165, 1.54) is 0 Å². The lowest BCUT2D eigenvalue weighted by Crippen LogP contribution is -2.49. The highest BCUT2D eigenvalue weighted by Crippen LogP contribution is 2.37. The van der Waals surface area contributed by atoms with E-state index in [9.17, 15) is 18.9 Å². The molecule has 2 unspecified atom stereocenters. The third-order valence-corrected chi connectivity index (χ3v) is 3.77. The summed E-state index contributed by atoms with van der Waals surface area (Å²) < 4.78 is 27.2. The smallest absolute Gasteiger partial charge is 0.328 e. The summed E-state index contributed by atoms with van der Waals surface area (Å²) in [6, 6.07) is 1.37. The summed E-state index contributed by atoms with van der Waals surface area (Å²) in [7, 11) is 0. The molecule has 0 radical (unpaired) electrons. The number of nitrogens with two attached hydrogens (primary N) is 1. The Morgan fingerprint density at radius 1 is 1.45 bits per heavy atom. The van der Waals surface area contributed by atoms with Gasteiger partial charge in [-0.05, 0) is 26.2 Å². The normalized spacial score (nSPS) is 22.9. The fourth-order valence-electron chi connectivity index (χ4n) is 2.88. The summed E-state index contributed by atoms with van der Waals surface area (Å²) in [5.74, 6) is -1.98. The largest absolute Gasteiger partial charge is 0.359 e. The minimum absolute atomic E-state index is 0.0184. The Kier molecular flexibility index (Phi) is 4.17. The minimum Gasteiger partial charge on any atom is -0.359 e. The topological polar surface area (TPSA) is 72.4 Å². The van der Waals surface area contributed by atoms with Gasteiger partial charge in [0.15, 0.2) is 0 Å². The van der Waals surface area contributed by atoms with Crippen LogP contribution in [0.2, 0.25) is 0 Å². The third-order valence-electron chi connectivity index (χ3n) is 3.77. The molecule has 1 aromatic carbocycles. The number of rotatable bonds is 3. The van der Waals surface area contributed by atoms with Crippen LogP contribution in [-0.2, 0) is 0 Å². The Morgan fingerprint density at radius 3 is 2.75 bits per heavy atom. The summed E-state index contributed by atoms with van der Waals surface area (Å²) in [6.45, 7) is 2.17. The maximum Gasteiger partial charge on any atom is 0.328 e. The standard InChI is InChI=1S/C13H17F2N3O2/c1-8-3-2-4-10(7-16)17(8)12-6-9(14)5-11(15)13(12)18(19)20/h5-6,8,10H,2-4,7,16H2,1H3. The summed E-state index contributed by atoms with van der Waals surface area (Å²) in [5.41, 5.74) is 5.00. The second-order valence-electron chi connectivity index (χ2n) is 5.09. The van der Waals surface area contributed by atoms with Gasteiger partial charge in [0.2, 0.25) is 5.82 Å². The van der Waals surface area contributed by atoms with Crippen molar-refractivity contribution in [3.63, 3.8) is 0 Å². The van der Waals surface area contributed by atoms with E-state index in [4.69, 9.17) is 5.73 Å². The molecular weight excluding hydrogens is 268 g/mol. The molecule has 1 heterocycles. The van der Waals surface area contributed by atoms with Crippen LogP contribution in [0.5, 0.6) is 0 Å². The number of hydrogen-bond donors (Lipinski definition) is 1. The Balaban J connectivity index is 2.56. The molecule has 0 saturated carbocycles. The highest BCUT2D eigenvalue weighted by molar-refractivity contribution is 5.65. The van der Waals surface area contributed by atoms with E-state index < -0.39 is 22.2 Å². The average Bonchev–Trinajstić information content (AvgIpc) is 2.36. The number of halogens is 2. The molecule has 0 amide bonds. The number of nitro benzene ring substituents is 1. The van der Waals surface area contributed by atoms with Crippen molar-refractivity contribution in [3.8, 4) is 0 Å². The fraction of sp³-hybridized carbons (Fsp3) is 0.538. The Bertz CT molecular complexity index is 525. The number of nitrogens with zero attached hydrogens (tertiary/aromatic N) is 2. The van der Waals surface area contributed by atoms with Gasteiger partial charge >= 0.3 is 5.69 Å². The van der Waals surface area contributed by atoms with Crippen molar-refractivity contribution >= 4 is 11.4 Å². The molecule has 2 atom stereocenters. The second-order valence-corrected chi connectivity index (χ2v) is 5.09. The molecule has 1 aliphatic rings. The molecule has 20 heavy (non-hydrogen) atoms. The number of piperidine rings is 1. The first-order valence-electron chi connectivity index (χ1n) is 6.57. The minimum atomic E-state index is -1.15. The first-order valence-corrected chi connectivity index (χ1v) is 6.57. The van der Waals surface area contributed by atoms with E-state index in [0.29, 0.717) is 12.6 Å². The van der Waals surface area contributed by atoms with Gasteiger partial charge in [-0.1, -0.05) is 0 Å². The molecule has 0 aliphatic carbocycles. The molecule has 1 saturated heterocycles. The monoisotopic (exact) mass is 285 g/mol. The van der Waals surface area contributed by atoms with Gasteiger partial charge in [-0.2, -0.15) is 4.39 Å². The van der Waals surface area contributed by atoms with Crippen molar-refractivity contribution in [1.82, 2.24) is 0 Å². The van der Waals surface area contributed by atoms with Crippen LogP contribution in [0, 0.1) is 21.7 Å². The second kappa shape index (κ2) is 5.70. The lowest BCUT2D eigenvalue weighted by Gasteiger charge is -2.41. The van der Waals surface area contributed by atoms with Crippen LogP contribution in [0.15, 0.2) is 12.1 Å².